The van der Waals surface area contributed by atoms with Crippen molar-refractivity contribution < 1.29 is 9.53 Å². The smallest absolute Gasteiger partial charge is 0.239 e. The van der Waals surface area contributed by atoms with Gasteiger partial charge in [-0.3, -0.25) is 4.79 Å². The van der Waals surface area contributed by atoms with Gasteiger partial charge in [0.2, 0.25) is 5.91 Å². The van der Waals surface area contributed by atoms with Crippen LogP contribution in [0.3, 0.4) is 0 Å². The molecule has 3 N–H and O–H groups in total. The van der Waals surface area contributed by atoms with Crippen LogP contribution in [0.4, 0.5) is 0 Å². The molecule has 0 saturated heterocycles. The molecule has 0 bridgehead atoms. The summed E-state index contributed by atoms with van der Waals surface area (Å²) in [4.78, 5) is 12.0. The first-order valence-electron chi connectivity index (χ1n) is 7.36. The van der Waals surface area contributed by atoms with Gasteiger partial charge in [-0.1, -0.05) is 40.9 Å². The molecule has 5 heteroatoms. The first kappa shape index (κ1) is 16.5. The quantitative estimate of drug-likeness (QED) is 0.823. The van der Waals surface area contributed by atoms with Gasteiger partial charge in [-0.25, -0.2) is 0 Å². The summed E-state index contributed by atoms with van der Waals surface area (Å²) in [7, 11) is 1.55. The Bertz CT molecular complexity index is 470. The van der Waals surface area contributed by atoms with Crippen molar-refractivity contribution in [2.45, 2.75) is 37.1 Å². The van der Waals surface area contributed by atoms with E-state index in [1.54, 1.807) is 7.11 Å². The largest absolute Gasteiger partial charge is 0.383 e. The van der Waals surface area contributed by atoms with E-state index in [2.05, 4.69) is 45.5 Å². The molecule has 1 aromatic rings. The molecule has 1 unspecified atom stereocenters. The second kappa shape index (κ2) is 7.38. The molecule has 1 amide bonds. The predicted octanol–water partition coefficient (Wildman–Crippen LogP) is 2.35. The van der Waals surface area contributed by atoms with Crippen molar-refractivity contribution >= 4 is 21.8 Å². The number of carbonyl (C=O) groups is 1. The van der Waals surface area contributed by atoms with Crippen LogP contribution in [0.15, 0.2) is 28.7 Å². The van der Waals surface area contributed by atoms with E-state index in [0.29, 0.717) is 6.54 Å². The number of rotatable bonds is 6. The van der Waals surface area contributed by atoms with E-state index in [4.69, 9.17) is 10.5 Å². The maximum Gasteiger partial charge on any atom is 0.239 e. The summed E-state index contributed by atoms with van der Waals surface area (Å²) in [5, 5.41) is 3.01. The molecule has 21 heavy (non-hydrogen) atoms. The minimum atomic E-state index is -0.599. The molecule has 1 aliphatic rings. The minimum Gasteiger partial charge on any atom is -0.383 e. The third kappa shape index (κ3) is 4.05. The van der Waals surface area contributed by atoms with Crippen molar-refractivity contribution in [2.24, 2.45) is 5.73 Å². The lowest BCUT2D eigenvalue weighted by molar-refractivity contribution is -0.123. The SMILES string of the molecule is COCC(N)C(=O)NCC1(c2ccc(Br)cc2)CCCC1. The number of ether oxygens (including phenoxy) is 1. The van der Waals surface area contributed by atoms with E-state index < -0.39 is 6.04 Å². The highest BCUT2D eigenvalue weighted by atomic mass is 79.9. The van der Waals surface area contributed by atoms with Gasteiger partial charge in [0.15, 0.2) is 0 Å². The van der Waals surface area contributed by atoms with Gasteiger partial charge in [-0.05, 0) is 30.5 Å². The highest BCUT2D eigenvalue weighted by molar-refractivity contribution is 9.10. The Kier molecular flexibility index (Phi) is 5.79. The fourth-order valence-corrected chi connectivity index (χ4v) is 3.33. The van der Waals surface area contributed by atoms with Gasteiger partial charge in [0.05, 0.1) is 6.61 Å². The summed E-state index contributed by atoms with van der Waals surface area (Å²) < 4.78 is 6.00. The summed E-state index contributed by atoms with van der Waals surface area (Å²) in [6, 6.07) is 7.83. The molecule has 0 aromatic heterocycles. The average molecular weight is 355 g/mol. The molecule has 2 rings (SSSR count). The van der Waals surface area contributed by atoms with Crippen LogP contribution < -0.4 is 11.1 Å². The summed E-state index contributed by atoms with van der Waals surface area (Å²) in [5.41, 5.74) is 7.11. The maximum absolute atomic E-state index is 12.0. The third-order valence-electron chi connectivity index (χ3n) is 4.30. The lowest BCUT2D eigenvalue weighted by atomic mass is 9.79. The molecule has 1 atom stereocenters. The highest BCUT2D eigenvalue weighted by Gasteiger charge is 2.36. The number of halogens is 1. The van der Waals surface area contributed by atoms with Crippen LogP contribution in [-0.2, 0) is 14.9 Å². The molecule has 116 valence electrons. The van der Waals surface area contributed by atoms with Crippen LogP contribution in [-0.4, -0.2) is 32.2 Å². The second-order valence-corrected chi connectivity index (χ2v) is 6.69. The number of carbonyl (C=O) groups excluding carboxylic acids is 1. The number of hydrogen-bond acceptors (Lipinski definition) is 3. The third-order valence-corrected chi connectivity index (χ3v) is 4.83. The van der Waals surface area contributed by atoms with Gasteiger partial charge >= 0.3 is 0 Å². The molecule has 0 heterocycles. The summed E-state index contributed by atoms with van der Waals surface area (Å²) >= 11 is 3.47. The topological polar surface area (TPSA) is 64.3 Å². The van der Waals surface area contributed by atoms with Gasteiger partial charge in [0.1, 0.15) is 6.04 Å². The molecule has 0 aliphatic heterocycles. The fraction of sp³-hybridized carbons (Fsp3) is 0.562. The average Bonchev–Trinajstić information content (AvgIpc) is 2.96. The van der Waals surface area contributed by atoms with E-state index in [-0.39, 0.29) is 17.9 Å². The molecule has 1 fully saturated rings. The van der Waals surface area contributed by atoms with Crippen LogP contribution in [0, 0.1) is 0 Å². The van der Waals surface area contributed by atoms with E-state index in [1.165, 1.54) is 18.4 Å². The van der Waals surface area contributed by atoms with Crippen LogP contribution in [0.1, 0.15) is 31.2 Å². The monoisotopic (exact) mass is 354 g/mol. The van der Waals surface area contributed by atoms with Crippen LogP contribution in [0.5, 0.6) is 0 Å². The Morgan fingerprint density at radius 3 is 2.57 bits per heavy atom. The Morgan fingerprint density at radius 2 is 2.00 bits per heavy atom. The molecular formula is C16H23BrN2O2. The van der Waals surface area contributed by atoms with Crippen molar-refractivity contribution in [1.82, 2.24) is 5.32 Å². The highest BCUT2D eigenvalue weighted by Crippen LogP contribution is 2.40. The fourth-order valence-electron chi connectivity index (χ4n) is 3.07. The van der Waals surface area contributed by atoms with Crippen molar-refractivity contribution in [1.29, 1.82) is 0 Å². The zero-order chi connectivity index (χ0) is 15.3. The first-order valence-corrected chi connectivity index (χ1v) is 8.15. The van der Waals surface area contributed by atoms with Gasteiger partial charge in [0.25, 0.3) is 0 Å². The number of amides is 1. The predicted molar refractivity (Wildman–Crippen MR) is 87.1 cm³/mol. The zero-order valence-corrected chi connectivity index (χ0v) is 14.0. The second-order valence-electron chi connectivity index (χ2n) is 5.77. The van der Waals surface area contributed by atoms with Crippen LogP contribution in [0.25, 0.3) is 0 Å². The Balaban J connectivity index is 2.05. The minimum absolute atomic E-state index is 0.0448. The number of nitrogens with one attached hydrogen (secondary N) is 1. The Labute approximate surface area is 134 Å². The normalized spacial score (nSPS) is 18.4. The Hall–Kier alpha value is -0.910. The molecule has 0 radical (unpaired) electrons. The van der Waals surface area contributed by atoms with E-state index in [0.717, 1.165) is 17.3 Å². The molecule has 1 aromatic carbocycles. The zero-order valence-electron chi connectivity index (χ0n) is 12.4. The first-order chi connectivity index (χ1) is 10.1. The Morgan fingerprint density at radius 1 is 1.38 bits per heavy atom. The molecule has 4 nitrogen and oxygen atoms in total. The number of benzene rings is 1. The van der Waals surface area contributed by atoms with Crippen molar-refractivity contribution in [3.8, 4) is 0 Å². The molecule has 1 saturated carbocycles. The van der Waals surface area contributed by atoms with Gasteiger partial charge in [0, 0.05) is 23.5 Å². The van der Waals surface area contributed by atoms with Crippen molar-refractivity contribution in [2.75, 3.05) is 20.3 Å². The lowest BCUT2D eigenvalue weighted by Gasteiger charge is -2.30. The van der Waals surface area contributed by atoms with E-state index in [1.807, 2.05) is 0 Å². The van der Waals surface area contributed by atoms with Crippen LogP contribution >= 0.6 is 15.9 Å². The molecular weight excluding hydrogens is 332 g/mol. The maximum atomic E-state index is 12.0. The van der Waals surface area contributed by atoms with Crippen molar-refractivity contribution in [3.63, 3.8) is 0 Å². The number of hydrogen-bond donors (Lipinski definition) is 2. The number of methoxy groups -OCH3 is 1. The van der Waals surface area contributed by atoms with Gasteiger partial charge in [-0.2, -0.15) is 0 Å². The van der Waals surface area contributed by atoms with Crippen molar-refractivity contribution in [3.05, 3.63) is 34.3 Å². The van der Waals surface area contributed by atoms with Gasteiger partial charge in [-0.15, -0.1) is 0 Å². The number of nitrogens with two attached hydrogens (primary N) is 1. The molecule has 0 spiro atoms. The van der Waals surface area contributed by atoms with E-state index >= 15 is 0 Å². The van der Waals surface area contributed by atoms with Crippen LogP contribution in [0.2, 0.25) is 0 Å². The molecule has 1 aliphatic carbocycles. The lowest BCUT2D eigenvalue weighted by Crippen LogP contribution is -2.47. The summed E-state index contributed by atoms with van der Waals surface area (Å²) in [6.07, 6.45) is 4.62. The summed E-state index contributed by atoms with van der Waals surface area (Å²) in [6.45, 7) is 0.891. The summed E-state index contributed by atoms with van der Waals surface area (Å²) in [5.74, 6) is -0.139. The van der Waals surface area contributed by atoms with E-state index in [9.17, 15) is 4.79 Å². The standard InChI is InChI=1S/C16H23BrN2O2/c1-21-10-14(18)15(20)19-11-16(8-2-3-9-16)12-4-6-13(17)7-5-12/h4-7,14H,2-3,8-11,18H2,1H3,(H,19,20). The van der Waals surface area contributed by atoms with Gasteiger partial charge < -0.3 is 15.8 Å².